The Morgan fingerprint density at radius 3 is 2.21 bits per heavy atom. The van der Waals surface area contributed by atoms with Crippen LogP contribution in [0, 0.1) is 11.7 Å². The van der Waals surface area contributed by atoms with Gasteiger partial charge in [-0.1, -0.05) is 13.8 Å². The van der Waals surface area contributed by atoms with Crippen LogP contribution in [0.3, 0.4) is 0 Å². The molecule has 0 atom stereocenters. The van der Waals surface area contributed by atoms with Crippen molar-refractivity contribution < 1.29 is 27.1 Å². The van der Waals surface area contributed by atoms with Crippen LogP contribution in [0.2, 0.25) is 0 Å². The first-order valence-electron chi connectivity index (χ1n) is 8.49. The molecule has 1 amide bonds. The summed E-state index contributed by atoms with van der Waals surface area (Å²) >= 11 is 0. The predicted molar refractivity (Wildman–Crippen MR) is 102 cm³/mol. The second kappa shape index (κ2) is 9.32. The number of ether oxygens (including phenoxy) is 1. The molecule has 2 aromatic carbocycles. The highest BCUT2D eigenvalue weighted by atomic mass is 32.2. The number of hydrogen-bond acceptors (Lipinski definition) is 5. The number of anilines is 1. The molecule has 2 rings (SSSR count). The summed E-state index contributed by atoms with van der Waals surface area (Å²) in [6, 6.07) is 9.90. The van der Waals surface area contributed by atoms with Crippen LogP contribution in [0.25, 0.3) is 0 Å². The maximum absolute atomic E-state index is 12.9. The number of benzene rings is 2. The third kappa shape index (κ3) is 6.34. The third-order valence-electron chi connectivity index (χ3n) is 3.54. The zero-order valence-corrected chi connectivity index (χ0v) is 16.3. The summed E-state index contributed by atoms with van der Waals surface area (Å²) in [5.41, 5.74) is 0.386. The normalized spacial score (nSPS) is 11.1. The van der Waals surface area contributed by atoms with Crippen molar-refractivity contribution in [3.63, 3.8) is 0 Å². The van der Waals surface area contributed by atoms with E-state index in [9.17, 15) is 22.4 Å². The predicted octanol–water partition coefficient (Wildman–Crippen LogP) is 2.56. The van der Waals surface area contributed by atoms with Crippen molar-refractivity contribution in [3.8, 4) is 0 Å². The van der Waals surface area contributed by atoms with E-state index in [2.05, 4.69) is 10.0 Å². The molecule has 0 spiro atoms. The fraction of sp³-hybridized carbons (Fsp3) is 0.263. The molecule has 0 aliphatic heterocycles. The zero-order chi connectivity index (χ0) is 20.7. The Hall–Kier alpha value is -2.94. The number of amides is 1. The SMILES string of the molecule is CC(C)CNC(=O)COC(=O)c1ccc(NS(=O)(=O)c2ccc(F)cc2)cc1. The van der Waals surface area contributed by atoms with Crippen LogP contribution in [-0.4, -0.2) is 33.4 Å². The first kappa shape index (κ1) is 21.4. The van der Waals surface area contributed by atoms with Gasteiger partial charge in [-0.25, -0.2) is 17.6 Å². The Morgan fingerprint density at radius 2 is 1.64 bits per heavy atom. The molecular weight excluding hydrogens is 387 g/mol. The highest BCUT2D eigenvalue weighted by molar-refractivity contribution is 7.92. The van der Waals surface area contributed by atoms with Crippen molar-refractivity contribution in [2.45, 2.75) is 18.7 Å². The van der Waals surface area contributed by atoms with Gasteiger partial charge < -0.3 is 10.1 Å². The number of esters is 1. The van der Waals surface area contributed by atoms with Crippen molar-refractivity contribution in [1.29, 1.82) is 0 Å². The largest absolute Gasteiger partial charge is 0.452 e. The standard InChI is InChI=1S/C19H21FN2O5S/c1-13(2)11-21-18(23)12-27-19(24)14-3-7-16(8-4-14)22-28(25,26)17-9-5-15(20)6-10-17/h3-10,13,22H,11-12H2,1-2H3,(H,21,23). The van der Waals surface area contributed by atoms with Gasteiger partial charge in [0.25, 0.3) is 15.9 Å². The van der Waals surface area contributed by atoms with E-state index in [4.69, 9.17) is 4.74 Å². The molecule has 9 heteroatoms. The molecule has 2 aromatic rings. The van der Waals surface area contributed by atoms with Crippen LogP contribution in [0.15, 0.2) is 53.4 Å². The van der Waals surface area contributed by atoms with E-state index in [1.165, 1.54) is 24.3 Å². The Bertz CT molecular complexity index is 926. The van der Waals surface area contributed by atoms with Gasteiger partial charge in [0, 0.05) is 12.2 Å². The van der Waals surface area contributed by atoms with Crippen molar-refractivity contribution in [2.75, 3.05) is 17.9 Å². The maximum atomic E-state index is 12.9. The second-order valence-electron chi connectivity index (χ2n) is 6.41. The van der Waals surface area contributed by atoms with Gasteiger partial charge in [0.2, 0.25) is 0 Å². The van der Waals surface area contributed by atoms with E-state index < -0.39 is 34.3 Å². The number of rotatable bonds is 8. The topological polar surface area (TPSA) is 102 Å². The smallest absolute Gasteiger partial charge is 0.338 e. The summed E-state index contributed by atoms with van der Waals surface area (Å²) < 4.78 is 44.7. The first-order chi connectivity index (χ1) is 13.2. The fourth-order valence-corrected chi connectivity index (χ4v) is 3.14. The summed E-state index contributed by atoms with van der Waals surface area (Å²) in [6.07, 6.45) is 0. The molecule has 2 N–H and O–H groups in total. The van der Waals surface area contributed by atoms with Gasteiger partial charge in [0.1, 0.15) is 5.82 Å². The Morgan fingerprint density at radius 1 is 1.04 bits per heavy atom. The maximum Gasteiger partial charge on any atom is 0.338 e. The lowest BCUT2D eigenvalue weighted by molar-refractivity contribution is -0.124. The molecule has 7 nitrogen and oxygen atoms in total. The monoisotopic (exact) mass is 408 g/mol. The number of carbonyl (C=O) groups is 2. The van der Waals surface area contributed by atoms with Gasteiger partial charge >= 0.3 is 5.97 Å². The number of halogens is 1. The molecule has 0 radical (unpaired) electrons. The number of nitrogens with one attached hydrogen (secondary N) is 2. The molecule has 28 heavy (non-hydrogen) atoms. The van der Waals surface area contributed by atoms with Crippen molar-refractivity contribution in [1.82, 2.24) is 5.32 Å². The number of hydrogen-bond donors (Lipinski definition) is 2. The average molecular weight is 408 g/mol. The van der Waals surface area contributed by atoms with E-state index in [1.54, 1.807) is 0 Å². The first-order valence-corrected chi connectivity index (χ1v) is 9.98. The van der Waals surface area contributed by atoms with Crippen LogP contribution < -0.4 is 10.0 Å². The summed E-state index contributed by atoms with van der Waals surface area (Å²) in [7, 11) is -3.88. The summed E-state index contributed by atoms with van der Waals surface area (Å²) in [4.78, 5) is 23.4. The molecule has 0 bridgehead atoms. The molecular formula is C19H21FN2O5S. The summed E-state index contributed by atoms with van der Waals surface area (Å²) in [5.74, 6) is -1.36. The summed E-state index contributed by atoms with van der Waals surface area (Å²) in [5, 5.41) is 2.63. The van der Waals surface area contributed by atoms with Gasteiger partial charge in [-0.2, -0.15) is 0 Å². The van der Waals surface area contributed by atoms with E-state index in [0.717, 1.165) is 24.3 Å². The Kier molecular flexibility index (Phi) is 7.11. The molecule has 0 fully saturated rings. The Balaban J connectivity index is 1.94. The molecule has 0 aliphatic carbocycles. The molecule has 0 unspecified atom stereocenters. The number of sulfonamides is 1. The van der Waals surface area contributed by atoms with E-state index in [0.29, 0.717) is 6.54 Å². The van der Waals surface area contributed by atoms with Gasteiger partial charge in [0.05, 0.1) is 10.5 Å². The van der Waals surface area contributed by atoms with Gasteiger partial charge in [0.15, 0.2) is 6.61 Å². The number of carbonyl (C=O) groups excluding carboxylic acids is 2. The average Bonchev–Trinajstić information content (AvgIpc) is 2.65. The van der Waals surface area contributed by atoms with Crippen LogP contribution in [0.5, 0.6) is 0 Å². The second-order valence-corrected chi connectivity index (χ2v) is 8.09. The summed E-state index contributed by atoms with van der Waals surface area (Å²) in [6.45, 7) is 3.97. The molecule has 0 aromatic heterocycles. The molecule has 0 aliphatic rings. The molecule has 150 valence electrons. The third-order valence-corrected chi connectivity index (χ3v) is 4.94. The molecule has 0 saturated carbocycles. The lowest BCUT2D eigenvalue weighted by Gasteiger charge is -2.10. The van der Waals surface area contributed by atoms with Gasteiger partial charge in [-0.15, -0.1) is 0 Å². The highest BCUT2D eigenvalue weighted by Crippen LogP contribution is 2.17. The highest BCUT2D eigenvalue weighted by Gasteiger charge is 2.15. The molecule has 0 heterocycles. The van der Waals surface area contributed by atoms with Crippen LogP contribution >= 0.6 is 0 Å². The minimum atomic E-state index is -3.88. The van der Waals surface area contributed by atoms with E-state index >= 15 is 0 Å². The molecule has 0 saturated heterocycles. The van der Waals surface area contributed by atoms with Crippen molar-refractivity contribution in [3.05, 3.63) is 59.9 Å². The van der Waals surface area contributed by atoms with Crippen molar-refractivity contribution >= 4 is 27.6 Å². The lowest BCUT2D eigenvalue weighted by Crippen LogP contribution is -2.31. The Labute approximate surface area is 163 Å². The zero-order valence-electron chi connectivity index (χ0n) is 15.4. The minimum absolute atomic E-state index is 0.0928. The van der Waals surface area contributed by atoms with E-state index in [1.807, 2.05) is 13.8 Å². The van der Waals surface area contributed by atoms with Crippen LogP contribution in [0.1, 0.15) is 24.2 Å². The lowest BCUT2D eigenvalue weighted by atomic mass is 10.2. The minimum Gasteiger partial charge on any atom is -0.452 e. The van der Waals surface area contributed by atoms with Crippen LogP contribution in [-0.2, 0) is 19.6 Å². The van der Waals surface area contributed by atoms with Crippen molar-refractivity contribution in [2.24, 2.45) is 5.92 Å². The fourth-order valence-electron chi connectivity index (χ4n) is 2.09. The van der Waals surface area contributed by atoms with E-state index in [-0.39, 0.29) is 22.1 Å². The van der Waals surface area contributed by atoms with Gasteiger partial charge in [-0.05, 0) is 54.4 Å². The van der Waals surface area contributed by atoms with Crippen LogP contribution in [0.4, 0.5) is 10.1 Å². The van der Waals surface area contributed by atoms with Gasteiger partial charge in [-0.3, -0.25) is 9.52 Å². The quantitative estimate of drug-likeness (QED) is 0.654.